The predicted octanol–water partition coefficient (Wildman–Crippen LogP) is 7.47. The SMILES string of the molecule is CC1CCC(Cn2c(N3CCO[C@@H]4CCC[C@H]43)nc3cc(-c4noc(=O)[nH]4)nc(-c4cc(Cl)cnc4OCCO[Si](C)(C)C(C)(C)C)c32)CC1. The normalized spacial score (nSPS) is 23.1. The van der Waals surface area contributed by atoms with Gasteiger partial charge in [0.1, 0.15) is 18.0 Å². The molecule has 2 aliphatic carbocycles. The van der Waals surface area contributed by atoms with Gasteiger partial charge in [0.05, 0.1) is 47.0 Å². The largest absolute Gasteiger partial charge is 0.475 e. The van der Waals surface area contributed by atoms with Crippen LogP contribution in [0.4, 0.5) is 5.95 Å². The van der Waals surface area contributed by atoms with Crippen LogP contribution in [0.1, 0.15) is 72.6 Å². The van der Waals surface area contributed by atoms with Gasteiger partial charge in [0.2, 0.25) is 17.7 Å². The van der Waals surface area contributed by atoms with Crippen molar-refractivity contribution in [3.63, 3.8) is 0 Å². The molecular formula is C36H50ClN7O5Si. The van der Waals surface area contributed by atoms with Crippen molar-refractivity contribution in [3.8, 4) is 28.7 Å². The summed E-state index contributed by atoms with van der Waals surface area (Å²) in [7, 11) is -1.97. The molecule has 0 bridgehead atoms. The van der Waals surface area contributed by atoms with Crippen LogP contribution in [0.25, 0.3) is 33.8 Å². The molecule has 0 spiro atoms. The van der Waals surface area contributed by atoms with Crippen molar-refractivity contribution in [1.29, 1.82) is 0 Å². The number of imidazole rings is 1. The van der Waals surface area contributed by atoms with Crippen LogP contribution in [-0.2, 0) is 15.7 Å². The first kappa shape index (κ1) is 35.2. The van der Waals surface area contributed by atoms with Gasteiger partial charge in [-0.2, -0.15) is 0 Å². The van der Waals surface area contributed by atoms with Gasteiger partial charge in [0, 0.05) is 19.3 Å². The van der Waals surface area contributed by atoms with Crippen molar-refractivity contribution in [2.45, 2.75) is 109 Å². The summed E-state index contributed by atoms with van der Waals surface area (Å²) in [5.41, 5.74) is 3.28. The molecule has 50 heavy (non-hydrogen) atoms. The molecule has 1 N–H and O–H groups in total. The Morgan fingerprint density at radius 3 is 2.62 bits per heavy atom. The number of anilines is 1. The van der Waals surface area contributed by atoms with Crippen molar-refractivity contribution >= 4 is 36.9 Å². The maximum Gasteiger partial charge on any atom is 0.439 e. The van der Waals surface area contributed by atoms with E-state index < -0.39 is 14.1 Å². The van der Waals surface area contributed by atoms with Gasteiger partial charge in [-0.15, -0.1) is 0 Å². The Morgan fingerprint density at radius 2 is 1.88 bits per heavy atom. The summed E-state index contributed by atoms with van der Waals surface area (Å²) in [6.45, 7) is 16.5. The lowest BCUT2D eigenvalue weighted by Crippen LogP contribution is -2.49. The molecule has 0 radical (unpaired) electrons. The minimum Gasteiger partial charge on any atom is -0.475 e. The Morgan fingerprint density at radius 1 is 1.08 bits per heavy atom. The Hall–Kier alpha value is -3.26. The van der Waals surface area contributed by atoms with E-state index in [-0.39, 0.29) is 23.0 Å². The molecule has 0 aromatic carbocycles. The molecule has 4 aromatic rings. The molecule has 0 amide bonds. The van der Waals surface area contributed by atoms with Crippen LogP contribution in [0.3, 0.4) is 0 Å². The number of fused-ring (bicyclic) bond motifs is 2. The summed E-state index contributed by atoms with van der Waals surface area (Å²) in [4.78, 5) is 32.4. The summed E-state index contributed by atoms with van der Waals surface area (Å²) in [6, 6.07) is 3.99. The number of hydrogen-bond acceptors (Lipinski definition) is 10. The standard InChI is InChI=1S/C36H50ClN7O5Si/c1-22-10-12-23(13-11-22)21-44-31-26(40-34(44)43-14-15-46-29-9-7-8-28(29)43)19-27(32-41-35(45)49-42-32)39-30(31)25-18-24(37)20-38-33(25)47-16-17-48-50(5,6)36(2,3)4/h18-20,22-23,28-29H,7-17,21H2,1-6H3,(H,41,42,45)/t22?,23?,28-,29-/m1/s1. The lowest BCUT2D eigenvalue weighted by molar-refractivity contribution is 0.0247. The highest BCUT2D eigenvalue weighted by Crippen LogP contribution is 2.42. The number of H-pyrrole nitrogens is 1. The second kappa shape index (κ2) is 14.0. The second-order valence-corrected chi connectivity index (χ2v) is 21.1. The van der Waals surface area contributed by atoms with E-state index in [0.29, 0.717) is 53.6 Å². The Labute approximate surface area is 299 Å². The fourth-order valence-electron chi connectivity index (χ4n) is 7.49. The number of morpholine rings is 1. The van der Waals surface area contributed by atoms with Crippen molar-refractivity contribution in [1.82, 2.24) is 29.7 Å². The van der Waals surface area contributed by atoms with Gasteiger partial charge < -0.3 is 23.4 Å². The van der Waals surface area contributed by atoms with Gasteiger partial charge in [0.25, 0.3) is 0 Å². The molecule has 3 aliphatic rings. The first-order valence-corrected chi connectivity index (χ1v) is 21.4. The zero-order valence-corrected chi connectivity index (χ0v) is 31.9. The third-order valence-electron chi connectivity index (χ3n) is 11.4. The van der Waals surface area contributed by atoms with Crippen molar-refractivity contribution < 1.29 is 18.4 Å². The number of nitrogens with zero attached hydrogens (tertiary/aromatic N) is 6. The minimum atomic E-state index is -1.97. The molecule has 270 valence electrons. The molecule has 1 aliphatic heterocycles. The summed E-state index contributed by atoms with van der Waals surface area (Å²) in [5, 5.41) is 4.52. The van der Waals surface area contributed by atoms with Gasteiger partial charge in [-0.25, -0.2) is 19.7 Å². The number of aromatic nitrogens is 6. The minimum absolute atomic E-state index is 0.0836. The number of rotatable bonds is 10. The summed E-state index contributed by atoms with van der Waals surface area (Å²) < 4.78 is 26.3. The van der Waals surface area contributed by atoms with E-state index in [1.54, 1.807) is 6.20 Å². The first-order chi connectivity index (χ1) is 23.9. The van der Waals surface area contributed by atoms with Gasteiger partial charge in [-0.3, -0.25) is 9.51 Å². The lowest BCUT2D eigenvalue weighted by Gasteiger charge is -2.39. The fraction of sp³-hybridized carbons (Fsp3) is 0.639. The van der Waals surface area contributed by atoms with Crippen LogP contribution < -0.4 is 15.4 Å². The van der Waals surface area contributed by atoms with Crippen LogP contribution in [0.2, 0.25) is 23.2 Å². The third kappa shape index (κ3) is 7.11. The van der Waals surface area contributed by atoms with E-state index >= 15 is 0 Å². The lowest BCUT2D eigenvalue weighted by atomic mass is 9.83. The van der Waals surface area contributed by atoms with Crippen LogP contribution in [0.5, 0.6) is 5.88 Å². The van der Waals surface area contributed by atoms with E-state index in [2.05, 4.69) is 65.4 Å². The molecule has 3 fully saturated rings. The van der Waals surface area contributed by atoms with Gasteiger partial charge >= 0.3 is 5.76 Å². The molecule has 4 aromatic heterocycles. The zero-order valence-electron chi connectivity index (χ0n) is 30.1. The quantitative estimate of drug-likeness (QED) is 0.130. The van der Waals surface area contributed by atoms with Gasteiger partial charge in [-0.05, 0) is 74.2 Å². The van der Waals surface area contributed by atoms with Crippen LogP contribution >= 0.6 is 11.6 Å². The van der Waals surface area contributed by atoms with Crippen molar-refractivity contribution in [2.24, 2.45) is 11.8 Å². The fourth-order valence-corrected chi connectivity index (χ4v) is 8.68. The molecule has 14 heteroatoms. The predicted molar refractivity (Wildman–Crippen MR) is 196 cm³/mol. The maximum absolute atomic E-state index is 12.1. The van der Waals surface area contributed by atoms with E-state index in [0.717, 1.165) is 68.1 Å². The summed E-state index contributed by atoms with van der Waals surface area (Å²) >= 11 is 6.66. The van der Waals surface area contributed by atoms with Gasteiger partial charge in [0.15, 0.2) is 8.32 Å². The molecule has 0 unspecified atom stereocenters. The topological polar surface area (TPSA) is 133 Å². The highest BCUT2D eigenvalue weighted by Gasteiger charge is 2.40. The summed E-state index contributed by atoms with van der Waals surface area (Å²) in [5.74, 6) is 2.13. The van der Waals surface area contributed by atoms with Gasteiger partial charge in [-0.1, -0.05) is 57.3 Å². The Bertz CT molecular complexity index is 1880. The Kier molecular flexibility index (Phi) is 9.87. The molecule has 12 nitrogen and oxygen atoms in total. The number of halogens is 1. The molecule has 2 atom stereocenters. The maximum atomic E-state index is 12.1. The average Bonchev–Trinajstić information content (AvgIpc) is 3.82. The van der Waals surface area contributed by atoms with E-state index in [1.807, 2.05) is 12.1 Å². The van der Waals surface area contributed by atoms with Crippen LogP contribution in [0, 0.1) is 11.8 Å². The molecule has 2 saturated carbocycles. The number of hydrogen-bond donors (Lipinski definition) is 1. The molecule has 1 saturated heterocycles. The number of pyridine rings is 2. The number of ether oxygens (including phenoxy) is 2. The molecular weight excluding hydrogens is 674 g/mol. The van der Waals surface area contributed by atoms with E-state index in [1.165, 1.54) is 12.8 Å². The van der Waals surface area contributed by atoms with Crippen LogP contribution in [0.15, 0.2) is 27.6 Å². The smallest absolute Gasteiger partial charge is 0.439 e. The Balaban J connectivity index is 1.36. The highest BCUT2D eigenvalue weighted by molar-refractivity contribution is 6.74. The third-order valence-corrected chi connectivity index (χ3v) is 16.1. The molecule has 5 heterocycles. The first-order valence-electron chi connectivity index (χ1n) is 18.2. The monoisotopic (exact) mass is 723 g/mol. The number of aromatic amines is 1. The van der Waals surface area contributed by atoms with Crippen molar-refractivity contribution in [2.75, 3.05) is 31.3 Å². The second-order valence-electron chi connectivity index (χ2n) is 15.9. The van der Waals surface area contributed by atoms with E-state index in [4.69, 9.17) is 40.0 Å². The van der Waals surface area contributed by atoms with E-state index in [9.17, 15) is 4.79 Å². The average molecular weight is 724 g/mol. The number of nitrogens with one attached hydrogen (secondary N) is 1. The molecule has 7 rings (SSSR count). The highest BCUT2D eigenvalue weighted by atomic mass is 35.5. The summed E-state index contributed by atoms with van der Waals surface area (Å²) in [6.07, 6.45) is 9.82. The zero-order chi connectivity index (χ0) is 35.2. The van der Waals surface area contributed by atoms with Crippen molar-refractivity contribution in [3.05, 3.63) is 33.9 Å². The van der Waals surface area contributed by atoms with Crippen LogP contribution in [-0.4, -0.2) is 76.5 Å².